The van der Waals surface area contributed by atoms with Crippen LogP contribution >= 0.6 is 0 Å². The van der Waals surface area contributed by atoms with E-state index in [0.29, 0.717) is 5.92 Å². The topological polar surface area (TPSA) is 0 Å². The van der Waals surface area contributed by atoms with Crippen LogP contribution in [-0.2, 0) is 0 Å². The summed E-state index contributed by atoms with van der Waals surface area (Å²) in [4.78, 5) is 0. The molecule has 0 nitrogen and oxygen atoms in total. The molecule has 1 atom stereocenters. The lowest BCUT2D eigenvalue weighted by Gasteiger charge is -2.13. The standard InChI is InChI=1S/C12H16/c1-10(2)12-8-6-4-5-7-11(3)9-12/h4-8,12H,1,9H2,2-3H3/b5-4-,8-6?,11-7+. The van der Waals surface area contributed by atoms with Crippen LogP contribution in [-0.4, -0.2) is 0 Å². The van der Waals surface area contributed by atoms with Crippen LogP contribution in [0.25, 0.3) is 0 Å². The molecule has 0 fully saturated rings. The first kappa shape index (κ1) is 9.05. The van der Waals surface area contributed by atoms with Gasteiger partial charge in [0.05, 0.1) is 0 Å². The summed E-state index contributed by atoms with van der Waals surface area (Å²) in [6, 6.07) is 0. The highest BCUT2D eigenvalue weighted by atomic mass is 14.1. The molecule has 0 bridgehead atoms. The fourth-order valence-corrected chi connectivity index (χ4v) is 1.30. The zero-order valence-corrected chi connectivity index (χ0v) is 7.88. The fourth-order valence-electron chi connectivity index (χ4n) is 1.30. The van der Waals surface area contributed by atoms with Crippen LogP contribution in [0.5, 0.6) is 0 Å². The van der Waals surface area contributed by atoms with Gasteiger partial charge >= 0.3 is 0 Å². The lowest BCUT2D eigenvalue weighted by Crippen LogP contribution is -1.98. The molecular formula is C12H16. The minimum atomic E-state index is 0.520. The minimum absolute atomic E-state index is 0.520. The zero-order chi connectivity index (χ0) is 8.97. The second-order valence-electron chi connectivity index (χ2n) is 3.44. The fraction of sp³-hybridized carbons (Fsp3) is 0.333. The van der Waals surface area contributed by atoms with Crippen molar-refractivity contribution in [3.05, 3.63) is 48.1 Å². The van der Waals surface area contributed by atoms with Gasteiger partial charge in [-0.2, -0.15) is 0 Å². The third-order valence-electron chi connectivity index (χ3n) is 2.12. The van der Waals surface area contributed by atoms with E-state index in [1.54, 1.807) is 0 Å². The summed E-state index contributed by atoms with van der Waals surface area (Å²) < 4.78 is 0. The number of hydrogen-bond donors (Lipinski definition) is 0. The molecule has 0 aromatic heterocycles. The van der Waals surface area contributed by atoms with Crippen LogP contribution in [0.3, 0.4) is 0 Å². The van der Waals surface area contributed by atoms with Crippen molar-refractivity contribution >= 4 is 0 Å². The van der Waals surface area contributed by atoms with Gasteiger partial charge in [-0.05, 0) is 20.3 Å². The first-order chi connectivity index (χ1) is 5.70. The van der Waals surface area contributed by atoms with Crippen molar-refractivity contribution in [2.45, 2.75) is 20.3 Å². The van der Waals surface area contributed by atoms with Crippen LogP contribution in [0.4, 0.5) is 0 Å². The monoisotopic (exact) mass is 160 g/mol. The van der Waals surface area contributed by atoms with Crippen LogP contribution in [0.2, 0.25) is 0 Å². The summed E-state index contributed by atoms with van der Waals surface area (Å²) in [5.74, 6) is 0.520. The van der Waals surface area contributed by atoms with E-state index in [1.165, 1.54) is 11.1 Å². The largest absolute Gasteiger partial charge is 0.0995 e. The van der Waals surface area contributed by atoms with Crippen molar-refractivity contribution < 1.29 is 0 Å². The quantitative estimate of drug-likeness (QED) is 0.514. The Morgan fingerprint density at radius 3 is 2.83 bits per heavy atom. The molecule has 0 heteroatoms. The average Bonchev–Trinajstić information content (AvgIpc) is 1.95. The Morgan fingerprint density at radius 2 is 2.17 bits per heavy atom. The van der Waals surface area contributed by atoms with E-state index in [1.807, 2.05) is 0 Å². The minimum Gasteiger partial charge on any atom is -0.0995 e. The van der Waals surface area contributed by atoms with E-state index in [4.69, 9.17) is 0 Å². The lowest BCUT2D eigenvalue weighted by atomic mass is 9.92. The third-order valence-corrected chi connectivity index (χ3v) is 2.12. The van der Waals surface area contributed by atoms with Gasteiger partial charge < -0.3 is 0 Å². The van der Waals surface area contributed by atoms with Gasteiger partial charge in [0.25, 0.3) is 0 Å². The van der Waals surface area contributed by atoms with E-state index < -0.39 is 0 Å². The smallest absolute Gasteiger partial charge is 0.00116 e. The Morgan fingerprint density at radius 1 is 1.42 bits per heavy atom. The zero-order valence-electron chi connectivity index (χ0n) is 7.88. The highest BCUT2D eigenvalue weighted by Crippen LogP contribution is 2.21. The van der Waals surface area contributed by atoms with Gasteiger partial charge in [0.1, 0.15) is 0 Å². The molecule has 0 saturated heterocycles. The highest BCUT2D eigenvalue weighted by Gasteiger charge is 2.05. The summed E-state index contributed by atoms with van der Waals surface area (Å²) in [5.41, 5.74) is 2.66. The summed E-state index contributed by atoms with van der Waals surface area (Å²) in [7, 11) is 0. The summed E-state index contributed by atoms with van der Waals surface area (Å²) in [6.45, 7) is 8.24. The Bertz CT molecular complexity index is 251. The predicted molar refractivity (Wildman–Crippen MR) is 55.0 cm³/mol. The summed E-state index contributed by atoms with van der Waals surface area (Å²) >= 11 is 0. The van der Waals surface area contributed by atoms with Crippen molar-refractivity contribution in [1.82, 2.24) is 0 Å². The van der Waals surface area contributed by atoms with E-state index >= 15 is 0 Å². The Kier molecular flexibility index (Phi) is 3.09. The van der Waals surface area contributed by atoms with E-state index in [9.17, 15) is 0 Å². The molecule has 0 amide bonds. The predicted octanol–water partition coefficient (Wildman–Crippen LogP) is 3.64. The van der Waals surface area contributed by atoms with Crippen LogP contribution in [0, 0.1) is 5.92 Å². The van der Waals surface area contributed by atoms with Crippen LogP contribution < -0.4 is 0 Å². The molecule has 0 aromatic carbocycles. The van der Waals surface area contributed by atoms with E-state index in [0.717, 1.165) is 6.42 Å². The Balaban J connectivity index is 2.79. The number of allylic oxidation sites excluding steroid dienone is 7. The Labute approximate surface area is 75.0 Å². The molecule has 0 heterocycles. The normalized spacial score (nSPS) is 29.8. The summed E-state index contributed by atoms with van der Waals surface area (Å²) in [5, 5.41) is 0. The third kappa shape index (κ3) is 2.54. The molecule has 64 valence electrons. The maximum atomic E-state index is 3.98. The molecule has 1 aliphatic rings. The van der Waals surface area contributed by atoms with Gasteiger partial charge in [-0.15, -0.1) is 0 Å². The number of hydrogen-bond acceptors (Lipinski definition) is 0. The maximum Gasteiger partial charge on any atom is 0.00116 e. The molecule has 0 saturated carbocycles. The lowest BCUT2D eigenvalue weighted by molar-refractivity contribution is 0.747. The molecule has 0 aliphatic heterocycles. The summed E-state index contributed by atoms with van der Waals surface area (Å²) in [6.07, 6.45) is 11.7. The molecule has 12 heavy (non-hydrogen) atoms. The van der Waals surface area contributed by atoms with Crippen molar-refractivity contribution in [2.24, 2.45) is 5.92 Å². The van der Waals surface area contributed by atoms with Gasteiger partial charge in [-0.25, -0.2) is 0 Å². The molecule has 0 spiro atoms. The van der Waals surface area contributed by atoms with Crippen molar-refractivity contribution in [3.63, 3.8) is 0 Å². The molecule has 1 aliphatic carbocycles. The first-order valence-corrected chi connectivity index (χ1v) is 4.36. The van der Waals surface area contributed by atoms with E-state index in [2.05, 4.69) is 50.8 Å². The van der Waals surface area contributed by atoms with E-state index in [-0.39, 0.29) is 0 Å². The second-order valence-corrected chi connectivity index (χ2v) is 3.44. The molecule has 1 unspecified atom stereocenters. The SMILES string of the molecule is C=C(C)C1C=C/C=C\C=C(/C)C1. The second kappa shape index (κ2) is 4.10. The molecule has 0 N–H and O–H groups in total. The van der Waals surface area contributed by atoms with Gasteiger partial charge in [0.15, 0.2) is 0 Å². The van der Waals surface area contributed by atoms with Gasteiger partial charge in [-0.1, -0.05) is 48.1 Å². The molecule has 1 rings (SSSR count). The van der Waals surface area contributed by atoms with Gasteiger partial charge in [0.2, 0.25) is 0 Å². The molecule has 0 aromatic rings. The first-order valence-electron chi connectivity index (χ1n) is 4.36. The van der Waals surface area contributed by atoms with Crippen molar-refractivity contribution in [3.8, 4) is 0 Å². The van der Waals surface area contributed by atoms with Gasteiger partial charge in [0, 0.05) is 5.92 Å². The number of rotatable bonds is 1. The molecule has 0 radical (unpaired) electrons. The highest BCUT2D eigenvalue weighted by molar-refractivity contribution is 5.23. The van der Waals surface area contributed by atoms with Crippen LogP contribution in [0.15, 0.2) is 48.1 Å². The molecular weight excluding hydrogens is 144 g/mol. The van der Waals surface area contributed by atoms with Crippen molar-refractivity contribution in [2.75, 3.05) is 0 Å². The average molecular weight is 160 g/mol. The van der Waals surface area contributed by atoms with Crippen molar-refractivity contribution in [1.29, 1.82) is 0 Å². The maximum absolute atomic E-state index is 3.98. The van der Waals surface area contributed by atoms with Crippen LogP contribution in [0.1, 0.15) is 20.3 Å². The van der Waals surface area contributed by atoms with Gasteiger partial charge in [-0.3, -0.25) is 0 Å². The Hall–Kier alpha value is -1.04.